The van der Waals surface area contributed by atoms with E-state index in [1.54, 1.807) is 0 Å². The predicted octanol–water partition coefficient (Wildman–Crippen LogP) is 0.337. The van der Waals surface area contributed by atoms with Crippen LogP contribution in [0.2, 0.25) is 0 Å². The van der Waals surface area contributed by atoms with E-state index >= 15 is 0 Å². The van der Waals surface area contributed by atoms with Crippen molar-refractivity contribution < 1.29 is 4.74 Å². The van der Waals surface area contributed by atoms with Crippen LogP contribution in [0.5, 0.6) is 0 Å². The monoisotopic (exact) mass is 115 g/mol. The molecule has 0 aliphatic carbocycles. The van der Waals surface area contributed by atoms with Gasteiger partial charge in [0.2, 0.25) is 0 Å². The van der Waals surface area contributed by atoms with E-state index in [4.69, 9.17) is 4.74 Å². The number of hydrogen-bond acceptors (Lipinski definition) is 2. The minimum absolute atomic E-state index is 0.532. The summed E-state index contributed by atoms with van der Waals surface area (Å²) in [5.74, 6) is 0. The van der Waals surface area contributed by atoms with Crippen molar-refractivity contribution in [2.75, 3.05) is 27.2 Å². The second kappa shape index (κ2) is 2.46. The summed E-state index contributed by atoms with van der Waals surface area (Å²) in [6.45, 7) is 2.05. The lowest BCUT2D eigenvalue weighted by Crippen LogP contribution is -2.36. The SMILES string of the molecule is CN(C)CC1CCO1. The molecule has 8 heavy (non-hydrogen) atoms. The van der Waals surface area contributed by atoms with E-state index < -0.39 is 0 Å². The van der Waals surface area contributed by atoms with E-state index in [-0.39, 0.29) is 0 Å². The topological polar surface area (TPSA) is 12.5 Å². The van der Waals surface area contributed by atoms with Gasteiger partial charge in [-0.2, -0.15) is 0 Å². The van der Waals surface area contributed by atoms with Crippen molar-refractivity contribution in [2.24, 2.45) is 0 Å². The Hall–Kier alpha value is -0.0800. The number of nitrogens with zero attached hydrogens (tertiary/aromatic N) is 1. The normalized spacial score (nSPS) is 28.1. The molecule has 1 aliphatic heterocycles. The number of ether oxygens (including phenoxy) is 1. The minimum atomic E-state index is 0.532. The second-order valence-electron chi connectivity index (χ2n) is 2.54. The summed E-state index contributed by atoms with van der Waals surface area (Å²) in [4.78, 5) is 2.16. The first kappa shape index (κ1) is 6.05. The third kappa shape index (κ3) is 1.46. The van der Waals surface area contributed by atoms with E-state index in [9.17, 15) is 0 Å². The Balaban J connectivity index is 2.01. The van der Waals surface area contributed by atoms with Gasteiger partial charge in [-0.3, -0.25) is 0 Å². The summed E-state index contributed by atoms with van der Waals surface area (Å²) in [6.07, 6.45) is 1.78. The Kier molecular flexibility index (Phi) is 1.86. The van der Waals surface area contributed by atoms with Crippen molar-refractivity contribution in [3.63, 3.8) is 0 Å². The molecule has 0 bridgehead atoms. The third-order valence-corrected chi connectivity index (χ3v) is 1.36. The van der Waals surface area contributed by atoms with Gasteiger partial charge in [-0.25, -0.2) is 0 Å². The Labute approximate surface area is 50.4 Å². The summed E-state index contributed by atoms with van der Waals surface area (Å²) in [7, 11) is 4.14. The molecule has 1 heterocycles. The highest BCUT2D eigenvalue weighted by Crippen LogP contribution is 2.10. The van der Waals surface area contributed by atoms with E-state index in [0.717, 1.165) is 13.2 Å². The molecule has 1 rings (SSSR count). The molecule has 0 amide bonds. The smallest absolute Gasteiger partial charge is 0.0723 e. The molecular weight excluding hydrogens is 102 g/mol. The van der Waals surface area contributed by atoms with Crippen LogP contribution in [-0.4, -0.2) is 38.3 Å². The van der Waals surface area contributed by atoms with Crippen molar-refractivity contribution in [3.05, 3.63) is 0 Å². The quantitative estimate of drug-likeness (QED) is 0.514. The highest BCUT2D eigenvalue weighted by molar-refractivity contribution is 4.67. The maximum Gasteiger partial charge on any atom is 0.0723 e. The van der Waals surface area contributed by atoms with Gasteiger partial charge in [0.1, 0.15) is 0 Å². The van der Waals surface area contributed by atoms with E-state index in [1.165, 1.54) is 6.42 Å². The number of likely N-dealkylation sites (N-methyl/N-ethyl adjacent to an activating group) is 1. The summed E-state index contributed by atoms with van der Waals surface area (Å²) in [5, 5.41) is 0. The first-order valence-corrected chi connectivity index (χ1v) is 3.05. The summed E-state index contributed by atoms with van der Waals surface area (Å²) >= 11 is 0. The molecule has 2 heteroatoms. The standard InChI is InChI=1S/C6H13NO/c1-7(2)5-6-3-4-8-6/h6H,3-5H2,1-2H3. The van der Waals surface area contributed by atoms with Crippen molar-refractivity contribution in [1.82, 2.24) is 4.90 Å². The van der Waals surface area contributed by atoms with E-state index in [0.29, 0.717) is 6.10 Å². The molecule has 0 aromatic carbocycles. The lowest BCUT2D eigenvalue weighted by atomic mass is 10.2. The maximum absolute atomic E-state index is 5.20. The first-order chi connectivity index (χ1) is 3.79. The molecule has 1 aliphatic rings. The van der Waals surface area contributed by atoms with Crippen LogP contribution < -0.4 is 0 Å². The third-order valence-electron chi connectivity index (χ3n) is 1.36. The number of hydrogen-bond donors (Lipinski definition) is 0. The largest absolute Gasteiger partial charge is 0.377 e. The summed E-state index contributed by atoms with van der Waals surface area (Å²) < 4.78 is 5.20. The molecule has 1 unspecified atom stereocenters. The molecule has 48 valence electrons. The van der Waals surface area contributed by atoms with Gasteiger partial charge in [0.05, 0.1) is 6.10 Å². The van der Waals surface area contributed by atoms with Crippen molar-refractivity contribution in [1.29, 1.82) is 0 Å². The fraction of sp³-hybridized carbons (Fsp3) is 1.00. The Morgan fingerprint density at radius 2 is 2.25 bits per heavy atom. The zero-order valence-corrected chi connectivity index (χ0v) is 5.55. The van der Waals surface area contributed by atoms with Gasteiger partial charge in [-0.15, -0.1) is 0 Å². The van der Waals surface area contributed by atoms with Crippen molar-refractivity contribution >= 4 is 0 Å². The molecule has 0 aromatic heterocycles. The molecule has 1 saturated heterocycles. The molecule has 2 nitrogen and oxygen atoms in total. The van der Waals surface area contributed by atoms with Crippen LogP contribution in [0.25, 0.3) is 0 Å². The average Bonchev–Trinajstić information content (AvgIpc) is 1.55. The Bertz CT molecular complexity index is 68.9. The van der Waals surface area contributed by atoms with Gasteiger partial charge >= 0.3 is 0 Å². The lowest BCUT2D eigenvalue weighted by Gasteiger charge is -2.28. The average molecular weight is 115 g/mol. The number of rotatable bonds is 2. The van der Waals surface area contributed by atoms with E-state index in [2.05, 4.69) is 19.0 Å². The molecule has 1 fully saturated rings. The van der Waals surface area contributed by atoms with Gasteiger partial charge in [-0.05, 0) is 20.5 Å². The maximum atomic E-state index is 5.20. The molecule has 0 spiro atoms. The van der Waals surface area contributed by atoms with Gasteiger partial charge < -0.3 is 9.64 Å². The Morgan fingerprint density at radius 1 is 1.62 bits per heavy atom. The van der Waals surface area contributed by atoms with E-state index in [1.807, 2.05) is 0 Å². The molecule has 0 N–H and O–H groups in total. The summed E-state index contributed by atoms with van der Waals surface area (Å²) in [6, 6.07) is 0. The zero-order chi connectivity index (χ0) is 5.98. The van der Waals surface area contributed by atoms with Gasteiger partial charge in [0.15, 0.2) is 0 Å². The van der Waals surface area contributed by atoms with Crippen LogP contribution in [-0.2, 0) is 4.74 Å². The van der Waals surface area contributed by atoms with Crippen LogP contribution in [0.15, 0.2) is 0 Å². The van der Waals surface area contributed by atoms with Gasteiger partial charge in [0, 0.05) is 13.2 Å². The molecule has 0 aromatic rings. The summed E-state index contributed by atoms with van der Waals surface area (Å²) in [5.41, 5.74) is 0. The lowest BCUT2D eigenvalue weighted by molar-refractivity contribution is -0.0609. The van der Waals surface area contributed by atoms with Crippen LogP contribution in [0.1, 0.15) is 6.42 Å². The zero-order valence-electron chi connectivity index (χ0n) is 5.55. The highest BCUT2D eigenvalue weighted by Gasteiger charge is 2.17. The fourth-order valence-electron chi connectivity index (χ4n) is 0.836. The van der Waals surface area contributed by atoms with Crippen LogP contribution in [0, 0.1) is 0 Å². The fourth-order valence-corrected chi connectivity index (χ4v) is 0.836. The molecule has 0 saturated carbocycles. The molecule has 0 radical (unpaired) electrons. The van der Waals surface area contributed by atoms with Gasteiger partial charge in [0.25, 0.3) is 0 Å². The minimum Gasteiger partial charge on any atom is -0.377 e. The second-order valence-corrected chi connectivity index (χ2v) is 2.54. The molecular formula is C6H13NO. The van der Waals surface area contributed by atoms with Gasteiger partial charge in [-0.1, -0.05) is 0 Å². The highest BCUT2D eigenvalue weighted by atomic mass is 16.5. The first-order valence-electron chi connectivity index (χ1n) is 3.05. The van der Waals surface area contributed by atoms with Crippen molar-refractivity contribution in [2.45, 2.75) is 12.5 Å². The van der Waals surface area contributed by atoms with Crippen LogP contribution in [0.3, 0.4) is 0 Å². The molecule has 1 atom stereocenters. The van der Waals surface area contributed by atoms with Crippen LogP contribution in [0.4, 0.5) is 0 Å². The van der Waals surface area contributed by atoms with Crippen LogP contribution >= 0.6 is 0 Å². The van der Waals surface area contributed by atoms with Crippen molar-refractivity contribution in [3.8, 4) is 0 Å². The Morgan fingerprint density at radius 3 is 2.38 bits per heavy atom. The predicted molar refractivity (Wildman–Crippen MR) is 32.9 cm³/mol.